The van der Waals surface area contributed by atoms with Gasteiger partial charge in [-0.2, -0.15) is 0 Å². The summed E-state index contributed by atoms with van der Waals surface area (Å²) < 4.78 is 14.5. The van der Waals surface area contributed by atoms with Crippen molar-refractivity contribution < 1.29 is 4.39 Å². The zero-order valence-corrected chi connectivity index (χ0v) is 12.8. The second-order valence-corrected chi connectivity index (χ2v) is 5.86. The van der Waals surface area contributed by atoms with E-state index in [0.29, 0.717) is 24.6 Å². The molecule has 2 N–H and O–H groups in total. The lowest BCUT2D eigenvalue weighted by Crippen LogP contribution is -2.40. The Bertz CT molecular complexity index is 476. The highest BCUT2D eigenvalue weighted by atomic mass is 79.9. The van der Waals surface area contributed by atoms with Crippen molar-refractivity contribution in [3.63, 3.8) is 0 Å². The number of hydrogen-bond acceptors (Lipinski definition) is 1. The molecule has 0 spiro atoms. The minimum Gasteiger partial charge on any atom is -0.356 e. The molecule has 3 nitrogen and oxygen atoms in total. The first kappa shape index (κ1) is 14.3. The van der Waals surface area contributed by atoms with E-state index in [4.69, 9.17) is 0 Å². The molecule has 0 bridgehead atoms. The Hall–Kier alpha value is -1.10. The van der Waals surface area contributed by atoms with Gasteiger partial charge in [0, 0.05) is 24.1 Å². The summed E-state index contributed by atoms with van der Waals surface area (Å²) in [7, 11) is 1.75. The van der Waals surface area contributed by atoms with Crippen LogP contribution in [0.15, 0.2) is 27.7 Å². The normalized spacial score (nSPS) is 22.2. The van der Waals surface area contributed by atoms with Crippen molar-refractivity contribution in [1.82, 2.24) is 10.6 Å². The van der Waals surface area contributed by atoms with E-state index in [-0.39, 0.29) is 5.82 Å². The Balaban J connectivity index is 1.80. The third-order valence-electron chi connectivity index (χ3n) is 3.35. The molecule has 1 aliphatic carbocycles. The van der Waals surface area contributed by atoms with E-state index in [2.05, 4.69) is 38.5 Å². The van der Waals surface area contributed by atoms with E-state index in [0.717, 1.165) is 16.4 Å². The van der Waals surface area contributed by atoms with Gasteiger partial charge in [0.05, 0.1) is 0 Å². The average Bonchev–Trinajstić information content (AvgIpc) is 3.08. The Morgan fingerprint density at radius 1 is 1.53 bits per heavy atom. The molecule has 1 aromatic carbocycles. The number of aliphatic imine (C=N–C) groups is 1. The SMILES string of the molecule is CN=C(NCCc1cc(Br)ccc1F)NC1CC1C. The van der Waals surface area contributed by atoms with Gasteiger partial charge < -0.3 is 10.6 Å². The van der Waals surface area contributed by atoms with Crippen LogP contribution in [0.25, 0.3) is 0 Å². The van der Waals surface area contributed by atoms with E-state index >= 15 is 0 Å². The zero-order valence-electron chi connectivity index (χ0n) is 11.2. The minimum absolute atomic E-state index is 0.163. The summed E-state index contributed by atoms with van der Waals surface area (Å²) >= 11 is 3.36. The van der Waals surface area contributed by atoms with Crippen LogP contribution in [0.3, 0.4) is 0 Å². The fraction of sp³-hybridized carbons (Fsp3) is 0.500. The number of halogens is 2. The molecule has 2 unspecified atom stereocenters. The maximum Gasteiger partial charge on any atom is 0.191 e. The lowest BCUT2D eigenvalue weighted by Gasteiger charge is -2.11. The summed E-state index contributed by atoms with van der Waals surface area (Å²) in [6, 6.07) is 5.55. The van der Waals surface area contributed by atoms with E-state index in [1.54, 1.807) is 13.1 Å². The molecule has 1 aromatic rings. The van der Waals surface area contributed by atoms with E-state index in [1.165, 1.54) is 12.5 Å². The monoisotopic (exact) mass is 327 g/mol. The molecule has 0 aliphatic heterocycles. The number of nitrogens with one attached hydrogen (secondary N) is 2. The molecule has 0 heterocycles. The van der Waals surface area contributed by atoms with Crippen molar-refractivity contribution in [1.29, 1.82) is 0 Å². The number of hydrogen-bond donors (Lipinski definition) is 2. The van der Waals surface area contributed by atoms with Gasteiger partial charge in [-0.15, -0.1) is 0 Å². The van der Waals surface area contributed by atoms with Crippen LogP contribution < -0.4 is 10.6 Å². The summed E-state index contributed by atoms with van der Waals surface area (Å²) in [5.41, 5.74) is 0.706. The predicted octanol–water partition coefficient (Wildman–Crippen LogP) is 2.70. The lowest BCUT2D eigenvalue weighted by molar-refractivity contribution is 0.606. The average molecular weight is 328 g/mol. The topological polar surface area (TPSA) is 36.4 Å². The van der Waals surface area contributed by atoms with Crippen LogP contribution in [0.4, 0.5) is 4.39 Å². The van der Waals surface area contributed by atoms with Crippen LogP contribution in [-0.2, 0) is 6.42 Å². The number of benzene rings is 1. The van der Waals surface area contributed by atoms with Crippen LogP contribution in [0.5, 0.6) is 0 Å². The fourth-order valence-electron chi connectivity index (χ4n) is 1.94. The number of nitrogens with zero attached hydrogens (tertiary/aromatic N) is 1. The third kappa shape index (κ3) is 4.20. The number of guanidine groups is 1. The highest BCUT2D eigenvalue weighted by molar-refractivity contribution is 9.10. The Morgan fingerprint density at radius 2 is 2.26 bits per heavy atom. The summed E-state index contributed by atoms with van der Waals surface area (Å²) in [6.45, 7) is 2.87. The standard InChI is InChI=1S/C14H19BrFN3/c1-9-7-13(9)19-14(17-2)18-6-5-10-8-11(15)3-4-12(10)16/h3-4,8-9,13H,5-7H2,1-2H3,(H2,17,18,19). The molecule has 0 aromatic heterocycles. The summed E-state index contributed by atoms with van der Waals surface area (Å²) in [4.78, 5) is 4.17. The molecule has 2 atom stereocenters. The van der Waals surface area contributed by atoms with Crippen molar-refractivity contribution in [2.75, 3.05) is 13.6 Å². The summed E-state index contributed by atoms with van der Waals surface area (Å²) in [5.74, 6) is 1.36. The van der Waals surface area contributed by atoms with Crippen molar-refractivity contribution in [3.05, 3.63) is 34.1 Å². The largest absolute Gasteiger partial charge is 0.356 e. The summed E-state index contributed by atoms with van der Waals surface area (Å²) in [5, 5.41) is 6.55. The lowest BCUT2D eigenvalue weighted by atomic mass is 10.1. The smallest absolute Gasteiger partial charge is 0.191 e. The molecular weight excluding hydrogens is 309 g/mol. The van der Waals surface area contributed by atoms with Gasteiger partial charge in [0.25, 0.3) is 0 Å². The van der Waals surface area contributed by atoms with Crippen LogP contribution in [0.2, 0.25) is 0 Å². The molecule has 104 valence electrons. The third-order valence-corrected chi connectivity index (χ3v) is 3.84. The van der Waals surface area contributed by atoms with Gasteiger partial charge in [-0.1, -0.05) is 22.9 Å². The molecule has 2 rings (SSSR count). The summed E-state index contributed by atoms with van der Waals surface area (Å²) in [6.07, 6.45) is 1.83. The van der Waals surface area contributed by atoms with Crippen molar-refractivity contribution in [2.45, 2.75) is 25.8 Å². The van der Waals surface area contributed by atoms with E-state index in [9.17, 15) is 4.39 Å². The van der Waals surface area contributed by atoms with Crippen LogP contribution in [0, 0.1) is 11.7 Å². The van der Waals surface area contributed by atoms with Crippen LogP contribution in [0.1, 0.15) is 18.9 Å². The van der Waals surface area contributed by atoms with Crippen molar-refractivity contribution in [3.8, 4) is 0 Å². The van der Waals surface area contributed by atoms with Gasteiger partial charge in [0.15, 0.2) is 5.96 Å². The Morgan fingerprint density at radius 3 is 2.89 bits per heavy atom. The van der Waals surface area contributed by atoms with Crippen LogP contribution >= 0.6 is 15.9 Å². The van der Waals surface area contributed by atoms with E-state index in [1.807, 2.05) is 6.07 Å². The van der Waals surface area contributed by atoms with Gasteiger partial charge in [0.2, 0.25) is 0 Å². The van der Waals surface area contributed by atoms with Crippen molar-refractivity contribution >= 4 is 21.9 Å². The minimum atomic E-state index is -0.163. The Kier molecular flexibility index (Phi) is 4.80. The molecule has 1 aliphatic rings. The molecule has 0 saturated heterocycles. The first-order valence-corrected chi connectivity index (χ1v) is 7.30. The van der Waals surface area contributed by atoms with Gasteiger partial charge in [-0.25, -0.2) is 4.39 Å². The fourth-order valence-corrected chi connectivity index (χ4v) is 2.35. The number of rotatable bonds is 4. The van der Waals surface area contributed by atoms with Gasteiger partial charge >= 0.3 is 0 Å². The second kappa shape index (κ2) is 6.37. The second-order valence-electron chi connectivity index (χ2n) is 4.95. The van der Waals surface area contributed by atoms with Crippen LogP contribution in [-0.4, -0.2) is 25.6 Å². The molecular formula is C14H19BrFN3. The Labute approximate surface area is 121 Å². The maximum absolute atomic E-state index is 13.6. The maximum atomic E-state index is 13.6. The molecule has 19 heavy (non-hydrogen) atoms. The van der Waals surface area contributed by atoms with E-state index < -0.39 is 0 Å². The first-order chi connectivity index (χ1) is 9.10. The van der Waals surface area contributed by atoms with Gasteiger partial charge in [-0.3, -0.25) is 4.99 Å². The highest BCUT2D eigenvalue weighted by Crippen LogP contribution is 2.28. The molecule has 5 heteroatoms. The van der Waals surface area contributed by atoms with Crippen molar-refractivity contribution in [2.24, 2.45) is 10.9 Å². The quantitative estimate of drug-likeness (QED) is 0.659. The first-order valence-electron chi connectivity index (χ1n) is 6.51. The molecule has 1 fully saturated rings. The van der Waals surface area contributed by atoms with Gasteiger partial charge in [-0.05, 0) is 42.5 Å². The molecule has 0 amide bonds. The van der Waals surface area contributed by atoms with Gasteiger partial charge in [0.1, 0.15) is 5.82 Å². The molecule has 0 radical (unpaired) electrons. The predicted molar refractivity (Wildman–Crippen MR) is 79.9 cm³/mol. The highest BCUT2D eigenvalue weighted by Gasteiger charge is 2.33. The molecule has 1 saturated carbocycles. The zero-order chi connectivity index (χ0) is 13.8.